The summed E-state index contributed by atoms with van der Waals surface area (Å²) in [4.78, 5) is 20.3. The first-order valence-electron chi connectivity index (χ1n) is 19.4. The van der Waals surface area contributed by atoms with Crippen molar-refractivity contribution in [3.8, 4) is 11.5 Å². The molecule has 3 heterocycles. The van der Waals surface area contributed by atoms with Crippen molar-refractivity contribution in [2.24, 2.45) is 5.73 Å². The number of hydrogen-bond donors (Lipinski definition) is 1. The number of para-hydroxylation sites is 2. The molecule has 58 heavy (non-hydrogen) atoms. The minimum absolute atomic E-state index is 0.0647. The van der Waals surface area contributed by atoms with Crippen molar-refractivity contribution >= 4 is 37.2 Å². The molecule has 0 saturated heterocycles. The number of nitrogens with zero attached hydrogens (tertiary/aromatic N) is 6. The molecule has 2 aromatic carbocycles. The number of alkyl halides is 2. The molecule has 2 aliphatic carbocycles. The van der Waals surface area contributed by atoms with Gasteiger partial charge >= 0.3 is 6.43 Å². The third kappa shape index (κ3) is 10.5. The lowest BCUT2D eigenvalue weighted by molar-refractivity contribution is 0.100. The fourth-order valence-electron chi connectivity index (χ4n) is 7.11. The normalized spacial score (nSPS) is 15.4. The summed E-state index contributed by atoms with van der Waals surface area (Å²) >= 11 is 0. The van der Waals surface area contributed by atoms with E-state index in [-0.39, 0.29) is 36.6 Å². The third-order valence-electron chi connectivity index (χ3n) is 10.3. The van der Waals surface area contributed by atoms with Crippen LogP contribution in [0.15, 0.2) is 102 Å². The molecule has 7 rings (SSSR count). The lowest BCUT2D eigenvalue weighted by Gasteiger charge is -2.31. The zero-order valence-electron chi connectivity index (χ0n) is 31.9. The number of hydrogen-bond acceptors (Lipinski definition) is 11. The van der Waals surface area contributed by atoms with E-state index in [2.05, 4.69) is 20.2 Å². The number of rotatable bonds is 14. The molecule has 3 aromatic heterocycles. The number of pyridine rings is 2. The van der Waals surface area contributed by atoms with E-state index < -0.39 is 37.6 Å². The number of carbonyl (C=O) groups is 1. The van der Waals surface area contributed by atoms with E-state index >= 15 is 0 Å². The van der Waals surface area contributed by atoms with E-state index in [1.807, 2.05) is 24.3 Å². The van der Waals surface area contributed by atoms with Crippen molar-refractivity contribution < 1.29 is 34.8 Å². The van der Waals surface area contributed by atoms with Crippen LogP contribution in [0.1, 0.15) is 98.3 Å². The summed E-state index contributed by atoms with van der Waals surface area (Å²) < 4.78 is 86.7. The van der Waals surface area contributed by atoms with Gasteiger partial charge in [-0.05, 0) is 74.2 Å². The van der Waals surface area contributed by atoms with Gasteiger partial charge in [-0.3, -0.25) is 23.4 Å². The van der Waals surface area contributed by atoms with Crippen molar-refractivity contribution in [2.45, 2.75) is 94.2 Å². The SMILES string of the molecule is NCC(=O)c1ccc(CN(c2ccccc2)S(=O)(=O)C2CCCCC2)nc1.O=S(=O)(C1CCCCC1)N(Cc1ccc(-c2nnc(C(F)F)o2)cn1)c1ccccc1. The Morgan fingerprint density at radius 1 is 0.672 bits per heavy atom. The Labute approximate surface area is 337 Å². The zero-order chi connectivity index (χ0) is 41.1. The Hall–Kier alpha value is -5.13. The summed E-state index contributed by atoms with van der Waals surface area (Å²) in [6, 6.07) is 24.6. The Bertz CT molecular complexity index is 2290. The lowest BCUT2D eigenvalue weighted by Crippen LogP contribution is -2.39. The van der Waals surface area contributed by atoms with Crippen molar-refractivity contribution in [1.29, 1.82) is 0 Å². The van der Waals surface area contributed by atoms with Gasteiger partial charge in [0.25, 0.3) is 5.89 Å². The highest BCUT2D eigenvalue weighted by Gasteiger charge is 2.35. The molecule has 17 heteroatoms. The van der Waals surface area contributed by atoms with Crippen LogP contribution in [0.25, 0.3) is 11.5 Å². The molecule has 0 bridgehead atoms. The number of aromatic nitrogens is 4. The maximum atomic E-state index is 13.4. The molecule has 2 N–H and O–H groups in total. The van der Waals surface area contributed by atoms with Crippen molar-refractivity contribution in [3.63, 3.8) is 0 Å². The first kappa shape index (κ1) is 42.5. The molecule has 2 fully saturated rings. The van der Waals surface area contributed by atoms with E-state index in [0.29, 0.717) is 59.6 Å². The van der Waals surface area contributed by atoms with Gasteiger partial charge in [0, 0.05) is 18.0 Å². The number of carbonyl (C=O) groups excluding carboxylic acids is 1. The van der Waals surface area contributed by atoms with Gasteiger partial charge in [-0.15, -0.1) is 10.2 Å². The first-order valence-corrected chi connectivity index (χ1v) is 22.4. The summed E-state index contributed by atoms with van der Waals surface area (Å²) in [5.41, 5.74) is 8.50. The largest absolute Gasteiger partial charge is 0.415 e. The molecule has 0 unspecified atom stereocenters. The number of halogens is 2. The van der Waals surface area contributed by atoms with Gasteiger partial charge in [0.2, 0.25) is 25.9 Å². The Morgan fingerprint density at radius 3 is 1.55 bits per heavy atom. The molecule has 13 nitrogen and oxygen atoms in total. The van der Waals surface area contributed by atoms with E-state index in [9.17, 15) is 30.4 Å². The van der Waals surface area contributed by atoms with E-state index in [0.717, 1.165) is 38.5 Å². The van der Waals surface area contributed by atoms with Gasteiger partial charge < -0.3 is 10.2 Å². The summed E-state index contributed by atoms with van der Waals surface area (Å²) in [5.74, 6) is -1.01. The average molecular weight is 836 g/mol. The van der Waals surface area contributed by atoms with E-state index in [4.69, 9.17) is 10.2 Å². The molecule has 0 aliphatic heterocycles. The summed E-state index contributed by atoms with van der Waals surface area (Å²) in [7, 11) is -7.07. The lowest BCUT2D eigenvalue weighted by atomic mass is 10.0. The van der Waals surface area contributed by atoms with E-state index in [1.165, 1.54) is 21.0 Å². The summed E-state index contributed by atoms with van der Waals surface area (Å²) in [6.07, 6.45) is 8.58. The minimum Gasteiger partial charge on any atom is -0.415 e. The van der Waals surface area contributed by atoms with Crippen LogP contribution in [-0.2, 0) is 33.1 Å². The topological polar surface area (TPSA) is 183 Å². The van der Waals surface area contributed by atoms with Gasteiger partial charge in [-0.2, -0.15) is 8.78 Å². The predicted octanol–water partition coefficient (Wildman–Crippen LogP) is 7.63. The smallest absolute Gasteiger partial charge is 0.314 e. The van der Waals surface area contributed by atoms with Gasteiger partial charge in [0.05, 0.1) is 58.5 Å². The molecule has 0 amide bonds. The van der Waals surface area contributed by atoms with Crippen molar-refractivity contribution in [1.82, 2.24) is 20.2 Å². The first-order chi connectivity index (χ1) is 28.0. The second kappa shape index (κ2) is 19.5. The van der Waals surface area contributed by atoms with Gasteiger partial charge in [-0.1, -0.05) is 74.9 Å². The molecule has 0 radical (unpaired) electrons. The number of sulfonamides is 2. The molecule has 308 valence electrons. The predicted molar refractivity (Wildman–Crippen MR) is 217 cm³/mol. The minimum atomic E-state index is -3.57. The molecular formula is C41H47F2N7O6S2. The van der Waals surface area contributed by atoms with Gasteiger partial charge in [-0.25, -0.2) is 16.8 Å². The highest BCUT2D eigenvalue weighted by Crippen LogP contribution is 2.32. The molecule has 5 aromatic rings. The van der Waals surface area contributed by atoms with Crippen LogP contribution in [0.2, 0.25) is 0 Å². The molecule has 0 atom stereocenters. The fourth-order valence-corrected chi connectivity index (χ4v) is 11.1. The zero-order valence-corrected chi connectivity index (χ0v) is 33.6. The Morgan fingerprint density at radius 2 is 1.16 bits per heavy atom. The number of benzene rings is 2. The van der Waals surface area contributed by atoms with Crippen LogP contribution in [0.4, 0.5) is 20.2 Å². The van der Waals surface area contributed by atoms with Crippen LogP contribution in [0, 0.1) is 0 Å². The number of ketones is 1. The monoisotopic (exact) mass is 835 g/mol. The number of Topliss-reactive ketones (excluding diaryl/α,β-unsaturated/α-hetero) is 1. The number of anilines is 2. The van der Waals surface area contributed by atoms with Crippen LogP contribution < -0.4 is 14.3 Å². The van der Waals surface area contributed by atoms with Crippen LogP contribution in [-0.4, -0.2) is 59.8 Å². The second-order valence-corrected chi connectivity index (χ2v) is 18.5. The quantitative estimate of drug-likeness (QED) is 0.109. The molecule has 0 spiro atoms. The standard InChI is InChI=1S/C21H22F2N4O3S.C20H25N3O3S/c22-19(23)21-26-25-20(30-21)15-11-12-16(24-13-15)14-27(17-7-3-1-4-8-17)31(28,29)18-9-5-2-6-10-18;21-13-20(24)16-11-12-17(22-14-16)15-23(18-7-3-1-4-8-18)27(25,26)19-9-5-2-6-10-19/h1,3-4,7-8,11-13,18-19H,2,5-6,9-10,14H2;1,3-4,7-8,11-12,14,19H,2,5-6,9-10,13,15,21H2. The highest BCUT2D eigenvalue weighted by atomic mass is 32.2. The highest BCUT2D eigenvalue weighted by molar-refractivity contribution is 7.93. The Kier molecular flexibility index (Phi) is 14.3. The second-order valence-electron chi connectivity index (χ2n) is 14.2. The number of nitrogens with two attached hydrogens (primary N) is 1. The fraction of sp³-hybridized carbons (Fsp3) is 0.390. The van der Waals surface area contributed by atoms with Crippen LogP contribution >= 0.6 is 0 Å². The molecular weight excluding hydrogens is 789 g/mol. The third-order valence-corrected chi connectivity index (χ3v) is 14.8. The maximum absolute atomic E-state index is 13.4. The molecule has 2 saturated carbocycles. The van der Waals surface area contributed by atoms with Crippen LogP contribution in [0.5, 0.6) is 0 Å². The molecule has 2 aliphatic rings. The summed E-state index contributed by atoms with van der Waals surface area (Å²) in [6.45, 7) is 0.127. The van der Waals surface area contributed by atoms with Gasteiger partial charge in [0.1, 0.15) is 0 Å². The average Bonchev–Trinajstić information content (AvgIpc) is 3.77. The van der Waals surface area contributed by atoms with E-state index in [1.54, 1.807) is 60.7 Å². The van der Waals surface area contributed by atoms with Gasteiger partial charge in [0.15, 0.2) is 5.78 Å². The Balaban J connectivity index is 0.000000198. The van der Waals surface area contributed by atoms with Crippen LogP contribution in [0.3, 0.4) is 0 Å². The van der Waals surface area contributed by atoms with Crippen molar-refractivity contribution in [3.05, 3.63) is 120 Å². The van der Waals surface area contributed by atoms with Crippen molar-refractivity contribution in [2.75, 3.05) is 15.2 Å². The maximum Gasteiger partial charge on any atom is 0.314 e. The summed E-state index contributed by atoms with van der Waals surface area (Å²) in [5, 5.41) is 6.14.